The molecule has 0 saturated carbocycles. The average Bonchev–Trinajstić information content (AvgIpc) is 2.61. The summed E-state index contributed by atoms with van der Waals surface area (Å²) in [5.41, 5.74) is 3.77. The summed E-state index contributed by atoms with van der Waals surface area (Å²) in [5, 5.41) is 0.762. The van der Waals surface area contributed by atoms with E-state index in [1.807, 2.05) is 51.1 Å². The first-order valence-electron chi connectivity index (χ1n) is 8.77. The summed E-state index contributed by atoms with van der Waals surface area (Å²) in [6, 6.07) is 12.6. The number of rotatable bonds is 5. The summed E-state index contributed by atoms with van der Waals surface area (Å²) in [6.07, 6.45) is -0.762. The molecule has 1 aromatic heterocycles. The highest BCUT2D eigenvalue weighted by Crippen LogP contribution is 2.22. The quantitative estimate of drug-likeness (QED) is 0.499. The van der Waals surface area contributed by atoms with Crippen molar-refractivity contribution in [1.29, 1.82) is 0 Å². The van der Waals surface area contributed by atoms with E-state index in [2.05, 4.69) is 0 Å². The maximum absolute atomic E-state index is 12.3. The minimum Gasteiger partial charge on any atom is -0.479 e. The van der Waals surface area contributed by atoms with Crippen molar-refractivity contribution in [2.75, 3.05) is 0 Å². The summed E-state index contributed by atoms with van der Waals surface area (Å²) >= 11 is 0. The highest BCUT2D eigenvalue weighted by molar-refractivity contribution is 5.82. The molecule has 0 radical (unpaired) electrons. The number of hydrogen-bond acceptors (Lipinski definition) is 5. The van der Waals surface area contributed by atoms with E-state index in [1.165, 1.54) is 6.07 Å². The van der Waals surface area contributed by atoms with Crippen LogP contribution >= 0.6 is 0 Å². The molecule has 0 N–H and O–H groups in total. The van der Waals surface area contributed by atoms with Gasteiger partial charge in [0.2, 0.25) is 0 Å². The summed E-state index contributed by atoms with van der Waals surface area (Å²) < 4.78 is 16.3. The third-order valence-electron chi connectivity index (χ3n) is 4.45. The van der Waals surface area contributed by atoms with Gasteiger partial charge < -0.3 is 13.9 Å². The third-order valence-corrected chi connectivity index (χ3v) is 4.45. The van der Waals surface area contributed by atoms with Crippen molar-refractivity contribution in [3.63, 3.8) is 0 Å². The topological polar surface area (TPSA) is 65.7 Å². The van der Waals surface area contributed by atoms with Crippen molar-refractivity contribution in [2.24, 2.45) is 0 Å². The molecule has 0 bridgehead atoms. The molecular weight excluding hydrogens is 344 g/mol. The Morgan fingerprint density at radius 3 is 2.56 bits per heavy atom. The Balaban J connectivity index is 1.75. The molecule has 3 rings (SSSR count). The van der Waals surface area contributed by atoms with Gasteiger partial charge in [-0.1, -0.05) is 12.1 Å². The standard InChI is InChI=1S/C22H22O5/c1-13-6-5-7-18(8-13)26-16(4)22(24)25-12-17-11-21(23)27-20-10-15(3)14(2)9-19(17)20/h5-11,16H,12H2,1-4H3/t16-/m0/s1. The van der Waals surface area contributed by atoms with Crippen molar-refractivity contribution in [3.8, 4) is 5.75 Å². The summed E-state index contributed by atoms with van der Waals surface area (Å²) in [4.78, 5) is 24.1. The Bertz CT molecular complexity index is 1050. The fraction of sp³-hybridized carbons (Fsp3) is 0.273. The van der Waals surface area contributed by atoms with Crippen molar-refractivity contribution in [3.05, 3.63) is 75.1 Å². The van der Waals surface area contributed by atoms with Gasteiger partial charge in [-0.2, -0.15) is 0 Å². The third kappa shape index (κ3) is 4.37. The molecule has 0 amide bonds. The van der Waals surface area contributed by atoms with E-state index in [1.54, 1.807) is 13.0 Å². The van der Waals surface area contributed by atoms with Gasteiger partial charge in [-0.3, -0.25) is 0 Å². The zero-order valence-electron chi connectivity index (χ0n) is 15.9. The Hall–Kier alpha value is -3.08. The Morgan fingerprint density at radius 1 is 1.07 bits per heavy atom. The molecule has 2 aromatic carbocycles. The van der Waals surface area contributed by atoms with E-state index >= 15 is 0 Å². The number of carbonyl (C=O) groups is 1. The van der Waals surface area contributed by atoms with Crippen molar-refractivity contribution in [1.82, 2.24) is 0 Å². The Morgan fingerprint density at radius 2 is 1.81 bits per heavy atom. The number of ether oxygens (including phenoxy) is 2. The first-order valence-corrected chi connectivity index (χ1v) is 8.77. The molecule has 3 aromatic rings. The normalized spacial score (nSPS) is 12.0. The highest BCUT2D eigenvalue weighted by Gasteiger charge is 2.18. The second-order valence-corrected chi connectivity index (χ2v) is 6.71. The summed E-state index contributed by atoms with van der Waals surface area (Å²) in [6.45, 7) is 7.49. The summed E-state index contributed by atoms with van der Waals surface area (Å²) in [5.74, 6) is 0.109. The van der Waals surface area contributed by atoms with E-state index in [9.17, 15) is 9.59 Å². The van der Waals surface area contributed by atoms with Crippen LogP contribution in [0.4, 0.5) is 0 Å². The lowest BCUT2D eigenvalue weighted by Gasteiger charge is -2.15. The van der Waals surface area contributed by atoms with Crippen LogP contribution in [0.1, 0.15) is 29.2 Å². The molecule has 27 heavy (non-hydrogen) atoms. The molecule has 0 unspecified atom stereocenters. The minimum atomic E-state index is -0.762. The second-order valence-electron chi connectivity index (χ2n) is 6.71. The first kappa shape index (κ1) is 18.7. The molecule has 0 saturated heterocycles. The van der Waals surface area contributed by atoms with Gasteiger partial charge in [0.05, 0.1) is 0 Å². The maximum Gasteiger partial charge on any atom is 0.347 e. The van der Waals surface area contributed by atoms with Gasteiger partial charge in [-0.25, -0.2) is 9.59 Å². The predicted octanol–water partition coefficient (Wildman–Crippen LogP) is 4.23. The van der Waals surface area contributed by atoms with Crippen LogP contribution < -0.4 is 10.4 Å². The number of hydrogen-bond donors (Lipinski definition) is 0. The Labute approximate surface area is 157 Å². The monoisotopic (exact) mass is 366 g/mol. The van der Waals surface area contributed by atoms with Crippen molar-refractivity contribution in [2.45, 2.75) is 40.4 Å². The van der Waals surface area contributed by atoms with E-state index in [4.69, 9.17) is 13.9 Å². The lowest BCUT2D eigenvalue weighted by Crippen LogP contribution is -2.26. The number of carbonyl (C=O) groups excluding carboxylic acids is 1. The van der Waals surface area contributed by atoms with Gasteiger partial charge in [0.1, 0.15) is 17.9 Å². The zero-order valence-corrected chi connectivity index (χ0v) is 15.9. The van der Waals surface area contributed by atoms with Crippen LogP contribution in [-0.4, -0.2) is 12.1 Å². The summed E-state index contributed by atoms with van der Waals surface area (Å²) in [7, 11) is 0. The largest absolute Gasteiger partial charge is 0.479 e. The van der Waals surface area contributed by atoms with Crippen LogP contribution in [0.25, 0.3) is 11.0 Å². The Kier molecular flexibility index (Phi) is 5.31. The van der Waals surface area contributed by atoms with Crippen molar-refractivity contribution < 1.29 is 18.7 Å². The number of benzene rings is 2. The maximum atomic E-state index is 12.3. The molecule has 5 heteroatoms. The van der Waals surface area contributed by atoms with Gasteiger partial charge in [0.25, 0.3) is 0 Å². The minimum absolute atomic E-state index is 0.0229. The number of aryl methyl sites for hydroxylation is 3. The fourth-order valence-corrected chi connectivity index (χ4v) is 2.81. The van der Waals surface area contributed by atoms with Crippen LogP contribution in [-0.2, 0) is 16.1 Å². The second kappa shape index (κ2) is 7.66. The molecule has 5 nitrogen and oxygen atoms in total. The lowest BCUT2D eigenvalue weighted by molar-refractivity contribution is -0.152. The fourth-order valence-electron chi connectivity index (χ4n) is 2.81. The van der Waals surface area contributed by atoms with E-state index in [0.29, 0.717) is 16.9 Å². The molecule has 1 atom stereocenters. The average molecular weight is 366 g/mol. The molecule has 0 aliphatic heterocycles. The van der Waals surface area contributed by atoms with Gasteiger partial charge in [0, 0.05) is 17.0 Å². The van der Waals surface area contributed by atoms with Crippen LogP contribution in [0.15, 0.2) is 51.7 Å². The molecule has 0 fully saturated rings. The van der Waals surface area contributed by atoms with Gasteiger partial charge in [-0.05, 0) is 68.7 Å². The van der Waals surface area contributed by atoms with Gasteiger partial charge in [0.15, 0.2) is 6.10 Å². The van der Waals surface area contributed by atoms with Crippen molar-refractivity contribution >= 4 is 16.9 Å². The molecule has 0 spiro atoms. The molecule has 0 aliphatic carbocycles. The van der Waals surface area contributed by atoms with Crippen LogP contribution in [0.5, 0.6) is 5.75 Å². The molecule has 0 aliphatic rings. The first-order chi connectivity index (χ1) is 12.8. The van der Waals surface area contributed by atoms with Crippen LogP contribution in [0.2, 0.25) is 0 Å². The molecule has 1 heterocycles. The van der Waals surface area contributed by atoms with Crippen LogP contribution in [0.3, 0.4) is 0 Å². The molecular formula is C22H22O5. The number of fused-ring (bicyclic) bond motifs is 1. The van der Waals surface area contributed by atoms with Crippen LogP contribution in [0, 0.1) is 20.8 Å². The zero-order chi connectivity index (χ0) is 19.6. The predicted molar refractivity (Wildman–Crippen MR) is 103 cm³/mol. The van der Waals surface area contributed by atoms with E-state index in [0.717, 1.165) is 22.1 Å². The molecule has 140 valence electrons. The lowest BCUT2D eigenvalue weighted by atomic mass is 10.0. The smallest absolute Gasteiger partial charge is 0.347 e. The van der Waals surface area contributed by atoms with E-state index < -0.39 is 17.7 Å². The van der Waals surface area contributed by atoms with E-state index in [-0.39, 0.29) is 6.61 Å². The van der Waals surface area contributed by atoms with Gasteiger partial charge >= 0.3 is 11.6 Å². The van der Waals surface area contributed by atoms with Gasteiger partial charge in [-0.15, -0.1) is 0 Å². The SMILES string of the molecule is Cc1cccc(O[C@@H](C)C(=O)OCc2cc(=O)oc3cc(C)c(C)cc23)c1. The number of esters is 1. The highest BCUT2D eigenvalue weighted by atomic mass is 16.6.